The zero-order chi connectivity index (χ0) is 16.2. The highest BCUT2D eigenvalue weighted by Gasteiger charge is 2.38. The summed E-state index contributed by atoms with van der Waals surface area (Å²) in [7, 11) is 0. The van der Waals surface area contributed by atoms with Gasteiger partial charge >= 0.3 is 5.97 Å². The highest BCUT2D eigenvalue weighted by molar-refractivity contribution is 5.96. The zero-order valence-corrected chi connectivity index (χ0v) is 13.1. The molecule has 1 N–H and O–H groups in total. The van der Waals surface area contributed by atoms with Crippen molar-refractivity contribution in [2.75, 3.05) is 32.8 Å². The van der Waals surface area contributed by atoms with E-state index >= 15 is 0 Å². The van der Waals surface area contributed by atoms with Gasteiger partial charge in [0, 0.05) is 31.2 Å². The molecule has 0 aliphatic carbocycles. The van der Waals surface area contributed by atoms with Crippen molar-refractivity contribution in [2.24, 2.45) is 0 Å². The molecule has 23 heavy (non-hydrogen) atoms. The lowest BCUT2D eigenvalue weighted by Gasteiger charge is -2.43. The number of aliphatic carboxylic acids is 1. The largest absolute Gasteiger partial charge is 0.480 e. The third kappa shape index (κ3) is 3.54. The molecule has 1 aromatic rings. The molecule has 0 bridgehead atoms. The first-order valence-electron chi connectivity index (χ1n) is 8.07. The first kappa shape index (κ1) is 16.0. The van der Waals surface area contributed by atoms with E-state index < -0.39 is 12.0 Å². The SMILES string of the molecule is O=C(O)[C@H]1C[C@H](N2CCOCC2)CCN1C(=O)c1ccccc1. The van der Waals surface area contributed by atoms with Crippen LogP contribution in [0.1, 0.15) is 23.2 Å². The van der Waals surface area contributed by atoms with Crippen LogP contribution in [0.25, 0.3) is 0 Å². The Hall–Kier alpha value is -1.92. The number of carboxylic acids is 1. The molecule has 6 heteroatoms. The van der Waals surface area contributed by atoms with Crippen molar-refractivity contribution in [3.05, 3.63) is 35.9 Å². The molecule has 1 amide bonds. The van der Waals surface area contributed by atoms with Gasteiger partial charge in [0.2, 0.25) is 0 Å². The van der Waals surface area contributed by atoms with Crippen molar-refractivity contribution < 1.29 is 19.4 Å². The normalized spacial score (nSPS) is 26.0. The van der Waals surface area contributed by atoms with Gasteiger partial charge in [0.1, 0.15) is 6.04 Å². The van der Waals surface area contributed by atoms with Gasteiger partial charge in [0.15, 0.2) is 0 Å². The van der Waals surface area contributed by atoms with Crippen LogP contribution in [-0.4, -0.2) is 71.7 Å². The Morgan fingerprint density at radius 3 is 2.43 bits per heavy atom. The molecule has 124 valence electrons. The summed E-state index contributed by atoms with van der Waals surface area (Å²) in [6, 6.07) is 8.34. The molecule has 0 saturated carbocycles. The maximum absolute atomic E-state index is 12.6. The Bertz CT molecular complexity index is 557. The van der Waals surface area contributed by atoms with Gasteiger partial charge in [-0.25, -0.2) is 4.79 Å². The third-order valence-corrected chi connectivity index (χ3v) is 4.70. The topological polar surface area (TPSA) is 70.1 Å². The Morgan fingerprint density at radius 2 is 1.78 bits per heavy atom. The molecule has 0 spiro atoms. The predicted octanol–water partition coefficient (Wildman–Crippen LogP) is 1.08. The van der Waals surface area contributed by atoms with E-state index in [4.69, 9.17) is 4.74 Å². The first-order chi connectivity index (χ1) is 11.2. The highest BCUT2D eigenvalue weighted by atomic mass is 16.5. The molecular formula is C17H22N2O4. The summed E-state index contributed by atoms with van der Waals surface area (Å²) in [5, 5.41) is 9.58. The van der Waals surface area contributed by atoms with Gasteiger partial charge in [-0.3, -0.25) is 9.69 Å². The number of carbonyl (C=O) groups excluding carboxylic acids is 1. The lowest BCUT2D eigenvalue weighted by molar-refractivity contribution is -0.144. The summed E-state index contributed by atoms with van der Waals surface area (Å²) in [5.41, 5.74) is 0.545. The standard InChI is InChI=1S/C17H22N2O4/c20-16(13-4-2-1-3-5-13)19-7-6-14(12-15(19)17(21)22)18-8-10-23-11-9-18/h1-5,14-15H,6-12H2,(H,21,22)/t14-,15-/m1/s1. The summed E-state index contributed by atoms with van der Waals surface area (Å²) in [6.45, 7) is 3.54. The van der Waals surface area contributed by atoms with Crippen LogP contribution in [0.3, 0.4) is 0 Å². The van der Waals surface area contributed by atoms with Crippen molar-refractivity contribution in [1.29, 1.82) is 0 Å². The number of carbonyl (C=O) groups is 2. The van der Waals surface area contributed by atoms with E-state index in [-0.39, 0.29) is 11.9 Å². The highest BCUT2D eigenvalue weighted by Crippen LogP contribution is 2.24. The second-order valence-corrected chi connectivity index (χ2v) is 6.05. The third-order valence-electron chi connectivity index (χ3n) is 4.70. The molecule has 2 aliphatic heterocycles. The molecule has 2 atom stereocenters. The molecule has 1 aromatic carbocycles. The quantitative estimate of drug-likeness (QED) is 0.903. The van der Waals surface area contributed by atoms with Gasteiger partial charge in [-0.2, -0.15) is 0 Å². The number of carboxylic acid groups (broad SMARTS) is 1. The van der Waals surface area contributed by atoms with Crippen molar-refractivity contribution in [2.45, 2.75) is 24.9 Å². The van der Waals surface area contributed by atoms with Crippen LogP contribution in [0, 0.1) is 0 Å². The molecule has 6 nitrogen and oxygen atoms in total. The lowest BCUT2D eigenvalue weighted by atomic mass is 9.94. The van der Waals surface area contributed by atoms with E-state index in [0.29, 0.717) is 31.7 Å². The molecule has 0 unspecified atom stereocenters. The Morgan fingerprint density at radius 1 is 1.09 bits per heavy atom. The second-order valence-electron chi connectivity index (χ2n) is 6.05. The van der Waals surface area contributed by atoms with Crippen molar-refractivity contribution >= 4 is 11.9 Å². The van der Waals surface area contributed by atoms with Gasteiger partial charge in [-0.05, 0) is 25.0 Å². The number of likely N-dealkylation sites (tertiary alicyclic amines) is 1. The van der Waals surface area contributed by atoms with Crippen LogP contribution in [-0.2, 0) is 9.53 Å². The number of hydrogen-bond acceptors (Lipinski definition) is 4. The maximum atomic E-state index is 12.6. The van der Waals surface area contributed by atoms with E-state index in [1.165, 1.54) is 4.90 Å². The van der Waals surface area contributed by atoms with Crippen LogP contribution in [0.2, 0.25) is 0 Å². The fraction of sp³-hybridized carbons (Fsp3) is 0.529. The van der Waals surface area contributed by atoms with Crippen LogP contribution in [0.15, 0.2) is 30.3 Å². The maximum Gasteiger partial charge on any atom is 0.326 e. The number of nitrogens with zero attached hydrogens (tertiary/aromatic N) is 2. The lowest BCUT2D eigenvalue weighted by Crippen LogP contribution is -2.56. The van der Waals surface area contributed by atoms with E-state index in [0.717, 1.165) is 19.5 Å². The van der Waals surface area contributed by atoms with Gasteiger partial charge in [-0.1, -0.05) is 18.2 Å². The molecule has 0 radical (unpaired) electrons. The number of amides is 1. The van der Waals surface area contributed by atoms with E-state index in [2.05, 4.69) is 4.90 Å². The van der Waals surface area contributed by atoms with Gasteiger partial charge < -0.3 is 14.7 Å². The fourth-order valence-electron chi connectivity index (χ4n) is 3.44. The smallest absolute Gasteiger partial charge is 0.326 e. The molecule has 0 aromatic heterocycles. The van der Waals surface area contributed by atoms with Crippen molar-refractivity contribution in [3.63, 3.8) is 0 Å². The summed E-state index contributed by atoms with van der Waals surface area (Å²) < 4.78 is 5.36. The van der Waals surface area contributed by atoms with Crippen LogP contribution in [0.4, 0.5) is 0 Å². The second kappa shape index (κ2) is 7.10. The Labute approximate surface area is 135 Å². The van der Waals surface area contributed by atoms with Crippen LogP contribution < -0.4 is 0 Å². The minimum atomic E-state index is -0.924. The van der Waals surface area contributed by atoms with E-state index in [1.54, 1.807) is 24.3 Å². The van der Waals surface area contributed by atoms with Crippen molar-refractivity contribution in [1.82, 2.24) is 9.80 Å². The van der Waals surface area contributed by atoms with Crippen LogP contribution in [0.5, 0.6) is 0 Å². The van der Waals surface area contributed by atoms with Crippen LogP contribution >= 0.6 is 0 Å². The molecule has 2 saturated heterocycles. The molecule has 2 aliphatic rings. The Balaban J connectivity index is 1.72. The number of piperidine rings is 1. The summed E-state index contributed by atoms with van der Waals surface area (Å²) >= 11 is 0. The Kier molecular flexibility index (Phi) is 4.93. The summed E-state index contributed by atoms with van der Waals surface area (Å²) in [5.74, 6) is -1.12. The molecule has 3 rings (SSSR count). The monoisotopic (exact) mass is 318 g/mol. The van der Waals surface area contributed by atoms with Gasteiger partial charge in [-0.15, -0.1) is 0 Å². The minimum Gasteiger partial charge on any atom is -0.480 e. The molecule has 2 heterocycles. The zero-order valence-electron chi connectivity index (χ0n) is 13.1. The molecule has 2 fully saturated rings. The average molecular weight is 318 g/mol. The van der Waals surface area contributed by atoms with Crippen molar-refractivity contribution in [3.8, 4) is 0 Å². The fourth-order valence-corrected chi connectivity index (χ4v) is 3.44. The summed E-state index contributed by atoms with van der Waals surface area (Å²) in [6.07, 6.45) is 1.29. The number of hydrogen-bond donors (Lipinski definition) is 1. The number of rotatable bonds is 3. The number of benzene rings is 1. The van der Waals surface area contributed by atoms with E-state index in [9.17, 15) is 14.7 Å². The van der Waals surface area contributed by atoms with E-state index in [1.807, 2.05) is 6.07 Å². The minimum absolute atomic E-state index is 0.196. The summed E-state index contributed by atoms with van der Waals surface area (Å²) in [4.78, 5) is 28.1. The number of morpholine rings is 1. The average Bonchev–Trinajstić information content (AvgIpc) is 2.62. The molecular weight excluding hydrogens is 296 g/mol. The van der Waals surface area contributed by atoms with Gasteiger partial charge in [0.05, 0.1) is 13.2 Å². The first-order valence-corrected chi connectivity index (χ1v) is 8.07. The predicted molar refractivity (Wildman–Crippen MR) is 84.3 cm³/mol. The number of ether oxygens (including phenoxy) is 1. The van der Waals surface area contributed by atoms with Gasteiger partial charge in [0.25, 0.3) is 5.91 Å².